The first kappa shape index (κ1) is 13.4. The quantitative estimate of drug-likeness (QED) is 0.731. The Balaban J connectivity index is 3.97. The van der Waals surface area contributed by atoms with Crippen LogP contribution in [-0.2, 0) is 4.79 Å². The van der Waals surface area contributed by atoms with Crippen molar-refractivity contribution in [3.05, 3.63) is 0 Å². The van der Waals surface area contributed by atoms with Gasteiger partial charge in [0.1, 0.15) is 0 Å². The average molecular weight is 200 g/mol. The van der Waals surface area contributed by atoms with Crippen molar-refractivity contribution in [2.75, 3.05) is 13.6 Å². The lowest BCUT2D eigenvalue weighted by Gasteiger charge is -2.27. The molecule has 0 aromatic heterocycles. The fraction of sp³-hybridized carbons (Fsp3) is 0.909. The second kappa shape index (κ2) is 5.35. The molecule has 0 bridgehead atoms. The molecule has 0 atom stereocenters. The van der Waals surface area contributed by atoms with Crippen LogP contribution in [0.3, 0.4) is 0 Å². The predicted molar refractivity (Wildman–Crippen MR) is 60.3 cm³/mol. The smallest absolute Gasteiger partial charge is 0.236 e. The molecule has 0 rings (SSSR count). The molecule has 3 heteroatoms. The van der Waals surface area contributed by atoms with Crippen LogP contribution in [0.5, 0.6) is 0 Å². The summed E-state index contributed by atoms with van der Waals surface area (Å²) in [7, 11) is 1.84. The lowest BCUT2D eigenvalue weighted by molar-refractivity contribution is -0.130. The molecule has 0 unspecified atom stereocenters. The Morgan fingerprint density at radius 3 is 2.29 bits per heavy atom. The summed E-state index contributed by atoms with van der Waals surface area (Å²) in [4.78, 5) is 13.4. The van der Waals surface area contributed by atoms with Gasteiger partial charge in [-0.1, -0.05) is 6.92 Å². The van der Waals surface area contributed by atoms with Gasteiger partial charge in [0.2, 0.25) is 5.91 Å². The number of nitrogens with one attached hydrogen (secondary N) is 1. The topological polar surface area (TPSA) is 32.3 Å². The SMILES string of the molecule is CCC(C)(C)NCC(=O)N(C)C(C)C. The molecule has 0 spiro atoms. The van der Waals surface area contributed by atoms with Crippen LogP contribution < -0.4 is 5.32 Å². The van der Waals surface area contributed by atoms with E-state index in [4.69, 9.17) is 0 Å². The van der Waals surface area contributed by atoms with E-state index < -0.39 is 0 Å². The number of hydrogen-bond donors (Lipinski definition) is 1. The summed E-state index contributed by atoms with van der Waals surface area (Å²) >= 11 is 0. The molecule has 14 heavy (non-hydrogen) atoms. The summed E-state index contributed by atoms with van der Waals surface area (Å²) in [5.74, 6) is 0.154. The minimum atomic E-state index is 0.0491. The molecule has 0 saturated carbocycles. The Morgan fingerprint density at radius 2 is 1.93 bits per heavy atom. The maximum atomic E-state index is 11.6. The fourth-order valence-electron chi connectivity index (χ4n) is 0.853. The monoisotopic (exact) mass is 200 g/mol. The summed E-state index contributed by atoms with van der Waals surface area (Å²) in [6.45, 7) is 10.8. The molecule has 1 N–H and O–H groups in total. The fourth-order valence-corrected chi connectivity index (χ4v) is 0.853. The van der Waals surface area contributed by atoms with E-state index in [-0.39, 0.29) is 17.5 Å². The van der Waals surface area contributed by atoms with Gasteiger partial charge in [-0.05, 0) is 34.1 Å². The largest absolute Gasteiger partial charge is 0.342 e. The second-order valence-corrected chi connectivity index (χ2v) is 4.69. The Labute approximate surface area is 87.9 Å². The van der Waals surface area contributed by atoms with Crippen LogP contribution >= 0.6 is 0 Å². The Hall–Kier alpha value is -0.570. The van der Waals surface area contributed by atoms with E-state index >= 15 is 0 Å². The number of amides is 1. The highest BCUT2D eigenvalue weighted by Gasteiger charge is 2.17. The van der Waals surface area contributed by atoms with Crippen LogP contribution in [0.15, 0.2) is 0 Å². The van der Waals surface area contributed by atoms with Gasteiger partial charge in [-0.3, -0.25) is 4.79 Å². The molecule has 0 heterocycles. The summed E-state index contributed by atoms with van der Waals surface area (Å²) in [6, 6.07) is 0.272. The van der Waals surface area contributed by atoms with Gasteiger partial charge in [-0.25, -0.2) is 0 Å². The summed E-state index contributed by atoms with van der Waals surface area (Å²) < 4.78 is 0. The highest BCUT2D eigenvalue weighted by molar-refractivity contribution is 5.78. The first-order valence-corrected chi connectivity index (χ1v) is 5.31. The number of carbonyl (C=O) groups is 1. The van der Waals surface area contributed by atoms with Crippen LogP contribution in [0.25, 0.3) is 0 Å². The first-order valence-electron chi connectivity index (χ1n) is 5.31. The molecule has 0 fully saturated rings. The predicted octanol–water partition coefficient (Wildman–Crippen LogP) is 1.63. The molecule has 0 aliphatic rings. The maximum Gasteiger partial charge on any atom is 0.236 e. The van der Waals surface area contributed by atoms with E-state index in [1.165, 1.54) is 0 Å². The first-order chi connectivity index (χ1) is 6.30. The van der Waals surface area contributed by atoms with Crippen molar-refractivity contribution in [3.63, 3.8) is 0 Å². The molecule has 0 saturated heterocycles. The summed E-state index contributed by atoms with van der Waals surface area (Å²) in [6.07, 6.45) is 1.02. The molecule has 0 radical (unpaired) electrons. The molecule has 3 nitrogen and oxygen atoms in total. The van der Waals surface area contributed by atoms with E-state index in [1.54, 1.807) is 4.90 Å². The van der Waals surface area contributed by atoms with Crippen molar-refractivity contribution in [1.29, 1.82) is 0 Å². The van der Waals surface area contributed by atoms with Crippen molar-refractivity contribution >= 4 is 5.91 Å². The van der Waals surface area contributed by atoms with Gasteiger partial charge in [0, 0.05) is 18.6 Å². The third-order valence-electron chi connectivity index (χ3n) is 2.77. The molecule has 0 aromatic carbocycles. The molecular formula is C11H24N2O. The minimum absolute atomic E-state index is 0.0491. The lowest BCUT2D eigenvalue weighted by Crippen LogP contribution is -2.46. The van der Waals surface area contributed by atoms with Gasteiger partial charge in [-0.2, -0.15) is 0 Å². The van der Waals surface area contributed by atoms with Crippen LogP contribution in [-0.4, -0.2) is 36.0 Å². The average Bonchev–Trinajstić information content (AvgIpc) is 2.13. The normalized spacial score (nSPS) is 11.9. The third-order valence-corrected chi connectivity index (χ3v) is 2.77. The molecule has 0 aromatic rings. The highest BCUT2D eigenvalue weighted by Crippen LogP contribution is 2.06. The van der Waals surface area contributed by atoms with Crippen molar-refractivity contribution in [2.45, 2.75) is 52.6 Å². The zero-order chi connectivity index (χ0) is 11.4. The second-order valence-electron chi connectivity index (χ2n) is 4.69. The number of hydrogen-bond acceptors (Lipinski definition) is 2. The number of rotatable bonds is 5. The molecule has 0 aliphatic carbocycles. The zero-order valence-electron chi connectivity index (χ0n) is 10.3. The molecule has 0 aliphatic heterocycles. The van der Waals surface area contributed by atoms with Crippen LogP contribution in [0.2, 0.25) is 0 Å². The molecule has 1 amide bonds. The minimum Gasteiger partial charge on any atom is -0.342 e. The molecule has 84 valence electrons. The lowest BCUT2D eigenvalue weighted by atomic mass is 10.0. The summed E-state index contributed by atoms with van der Waals surface area (Å²) in [5, 5.41) is 3.25. The van der Waals surface area contributed by atoms with Gasteiger partial charge in [0.15, 0.2) is 0 Å². The van der Waals surface area contributed by atoms with Gasteiger partial charge >= 0.3 is 0 Å². The van der Waals surface area contributed by atoms with E-state index in [9.17, 15) is 4.79 Å². The maximum absolute atomic E-state index is 11.6. The Morgan fingerprint density at radius 1 is 1.43 bits per heavy atom. The number of nitrogens with zero attached hydrogens (tertiary/aromatic N) is 1. The van der Waals surface area contributed by atoms with E-state index in [0.717, 1.165) is 6.42 Å². The van der Waals surface area contributed by atoms with Gasteiger partial charge in [0.05, 0.1) is 6.54 Å². The van der Waals surface area contributed by atoms with E-state index in [0.29, 0.717) is 6.54 Å². The Kier molecular flexibility index (Phi) is 5.13. The standard InChI is InChI=1S/C11H24N2O/c1-7-11(4,5)12-8-10(14)13(6)9(2)3/h9,12H,7-8H2,1-6H3. The Bertz CT molecular complexity index is 188. The third kappa shape index (κ3) is 4.61. The summed E-state index contributed by atoms with van der Waals surface area (Å²) in [5.41, 5.74) is 0.0491. The van der Waals surface area contributed by atoms with Gasteiger partial charge < -0.3 is 10.2 Å². The highest BCUT2D eigenvalue weighted by atomic mass is 16.2. The van der Waals surface area contributed by atoms with Gasteiger partial charge in [-0.15, -0.1) is 0 Å². The zero-order valence-corrected chi connectivity index (χ0v) is 10.3. The van der Waals surface area contributed by atoms with Crippen molar-refractivity contribution in [2.24, 2.45) is 0 Å². The van der Waals surface area contributed by atoms with E-state index in [1.807, 2.05) is 20.9 Å². The number of likely N-dealkylation sites (N-methyl/N-ethyl adjacent to an activating group) is 1. The van der Waals surface area contributed by atoms with Gasteiger partial charge in [0.25, 0.3) is 0 Å². The van der Waals surface area contributed by atoms with Crippen LogP contribution in [0.1, 0.15) is 41.0 Å². The molecular weight excluding hydrogens is 176 g/mol. The van der Waals surface area contributed by atoms with Crippen molar-refractivity contribution < 1.29 is 4.79 Å². The van der Waals surface area contributed by atoms with Crippen LogP contribution in [0, 0.1) is 0 Å². The van der Waals surface area contributed by atoms with Crippen LogP contribution in [0.4, 0.5) is 0 Å². The van der Waals surface area contributed by atoms with Crippen molar-refractivity contribution in [1.82, 2.24) is 10.2 Å². The van der Waals surface area contributed by atoms with E-state index in [2.05, 4.69) is 26.1 Å². The number of carbonyl (C=O) groups excluding carboxylic acids is 1. The van der Waals surface area contributed by atoms with Crippen molar-refractivity contribution in [3.8, 4) is 0 Å².